The second-order valence-electron chi connectivity index (χ2n) is 5.56. The van der Waals surface area contributed by atoms with Crippen LogP contribution in [0.5, 0.6) is 0 Å². The van der Waals surface area contributed by atoms with Crippen LogP contribution < -0.4 is 4.90 Å². The number of piperazine rings is 1. The summed E-state index contributed by atoms with van der Waals surface area (Å²) in [5.74, 6) is 1.62. The van der Waals surface area contributed by atoms with Gasteiger partial charge in [-0.15, -0.1) is 0 Å². The van der Waals surface area contributed by atoms with E-state index in [1.54, 1.807) is 11.8 Å². The van der Waals surface area contributed by atoms with Crippen molar-refractivity contribution in [2.45, 2.75) is 16.7 Å². The van der Waals surface area contributed by atoms with Crippen molar-refractivity contribution in [3.8, 4) is 0 Å². The van der Waals surface area contributed by atoms with E-state index in [1.165, 1.54) is 0 Å². The van der Waals surface area contributed by atoms with Gasteiger partial charge in [0.25, 0.3) is 0 Å². The topological polar surface area (TPSA) is 32.3 Å². The summed E-state index contributed by atoms with van der Waals surface area (Å²) in [6.07, 6.45) is 0. The minimum atomic E-state index is 0.506. The molecule has 0 saturated carbocycles. The fourth-order valence-electron chi connectivity index (χ4n) is 2.45. The second-order valence-corrected chi connectivity index (χ2v) is 7.44. The molecule has 1 aliphatic heterocycles. The Morgan fingerprint density at radius 2 is 1.65 bits per heavy atom. The molecule has 0 bridgehead atoms. The molecule has 0 aliphatic carbocycles. The monoisotopic (exact) mass is 368 g/mol. The lowest BCUT2D eigenvalue weighted by Gasteiger charge is -2.34. The van der Waals surface area contributed by atoms with Gasteiger partial charge in [-0.25, -0.2) is 9.97 Å². The number of aryl methyl sites for hydroxylation is 1. The number of halogens is 2. The third-order valence-corrected chi connectivity index (χ3v) is 5.48. The molecule has 2 heterocycles. The highest BCUT2D eigenvalue weighted by molar-refractivity contribution is 7.99. The number of hydrogen-bond donors (Lipinski definition) is 0. The zero-order valence-corrected chi connectivity index (χ0v) is 15.4. The molecule has 0 spiro atoms. The van der Waals surface area contributed by atoms with Gasteiger partial charge in [0.1, 0.15) is 16.8 Å². The zero-order chi connectivity index (χ0) is 16.4. The van der Waals surface area contributed by atoms with Crippen molar-refractivity contribution in [2.24, 2.45) is 0 Å². The van der Waals surface area contributed by atoms with E-state index in [9.17, 15) is 0 Å². The van der Waals surface area contributed by atoms with Gasteiger partial charge >= 0.3 is 0 Å². The molecular weight excluding hydrogens is 351 g/mol. The highest BCUT2D eigenvalue weighted by atomic mass is 35.5. The zero-order valence-electron chi connectivity index (χ0n) is 13.1. The standard InChI is InChI=1S/C16H18Cl2N4S/c1-11-19-15(18)14(23-13-5-3-12(17)4-6-13)16(20-11)22-9-7-21(2)8-10-22/h3-6H,7-10H2,1-2H3. The summed E-state index contributed by atoms with van der Waals surface area (Å²) >= 11 is 14.0. The Kier molecular flexibility index (Phi) is 5.31. The van der Waals surface area contributed by atoms with Crippen LogP contribution in [0.3, 0.4) is 0 Å². The molecule has 1 aliphatic rings. The Hall–Kier alpha value is -1.01. The first-order valence-electron chi connectivity index (χ1n) is 7.44. The molecule has 122 valence electrons. The Morgan fingerprint density at radius 3 is 2.30 bits per heavy atom. The van der Waals surface area contributed by atoms with E-state index in [0.717, 1.165) is 46.8 Å². The molecule has 1 saturated heterocycles. The van der Waals surface area contributed by atoms with E-state index in [2.05, 4.69) is 26.8 Å². The molecular formula is C16H18Cl2N4S. The first-order chi connectivity index (χ1) is 11.0. The van der Waals surface area contributed by atoms with Crippen molar-refractivity contribution in [3.63, 3.8) is 0 Å². The number of nitrogens with zero attached hydrogens (tertiary/aromatic N) is 4. The van der Waals surface area contributed by atoms with E-state index < -0.39 is 0 Å². The number of benzene rings is 1. The molecule has 0 radical (unpaired) electrons. The van der Waals surface area contributed by atoms with Gasteiger partial charge in [0.2, 0.25) is 0 Å². The van der Waals surface area contributed by atoms with Crippen LogP contribution in [0.1, 0.15) is 5.82 Å². The van der Waals surface area contributed by atoms with Crippen molar-refractivity contribution < 1.29 is 0 Å². The predicted molar refractivity (Wildman–Crippen MR) is 97.1 cm³/mol. The maximum atomic E-state index is 6.43. The molecule has 1 aromatic carbocycles. The Labute approximate surface area is 150 Å². The maximum Gasteiger partial charge on any atom is 0.148 e. The van der Waals surface area contributed by atoms with E-state index in [-0.39, 0.29) is 0 Å². The first kappa shape index (κ1) is 16.8. The third-order valence-electron chi connectivity index (χ3n) is 3.75. The summed E-state index contributed by atoms with van der Waals surface area (Å²) in [5, 5.41) is 1.23. The molecule has 0 amide bonds. The molecule has 2 aromatic rings. The minimum Gasteiger partial charge on any atom is -0.353 e. The van der Waals surface area contributed by atoms with Gasteiger partial charge < -0.3 is 9.80 Å². The summed E-state index contributed by atoms with van der Waals surface area (Å²) in [5.41, 5.74) is 0. The van der Waals surface area contributed by atoms with Crippen LogP contribution in [0.25, 0.3) is 0 Å². The van der Waals surface area contributed by atoms with Crippen molar-refractivity contribution in [2.75, 3.05) is 38.1 Å². The predicted octanol–water partition coefficient (Wildman–Crippen LogP) is 3.99. The normalized spacial score (nSPS) is 15.9. The summed E-state index contributed by atoms with van der Waals surface area (Å²) in [6, 6.07) is 7.72. The molecule has 4 nitrogen and oxygen atoms in total. The smallest absolute Gasteiger partial charge is 0.148 e. The first-order valence-corrected chi connectivity index (χ1v) is 9.01. The quantitative estimate of drug-likeness (QED) is 0.764. The number of aromatic nitrogens is 2. The van der Waals surface area contributed by atoms with Crippen LogP contribution >= 0.6 is 35.0 Å². The van der Waals surface area contributed by atoms with Crippen LogP contribution in [0.2, 0.25) is 10.2 Å². The van der Waals surface area contributed by atoms with Gasteiger partial charge in [0.05, 0.1) is 4.90 Å². The van der Waals surface area contributed by atoms with Gasteiger partial charge in [0.15, 0.2) is 0 Å². The minimum absolute atomic E-state index is 0.506. The van der Waals surface area contributed by atoms with Crippen molar-refractivity contribution in [1.82, 2.24) is 14.9 Å². The van der Waals surface area contributed by atoms with Crippen molar-refractivity contribution in [3.05, 3.63) is 40.3 Å². The molecule has 7 heteroatoms. The highest BCUT2D eigenvalue weighted by Crippen LogP contribution is 2.39. The van der Waals surface area contributed by atoms with Crippen LogP contribution in [0.15, 0.2) is 34.1 Å². The van der Waals surface area contributed by atoms with Crippen LogP contribution in [0.4, 0.5) is 5.82 Å². The molecule has 23 heavy (non-hydrogen) atoms. The summed E-state index contributed by atoms with van der Waals surface area (Å²) in [4.78, 5) is 15.6. The van der Waals surface area contributed by atoms with Gasteiger partial charge in [-0.1, -0.05) is 35.0 Å². The largest absolute Gasteiger partial charge is 0.353 e. The van der Waals surface area contributed by atoms with E-state index in [0.29, 0.717) is 11.0 Å². The molecule has 1 fully saturated rings. The average molecular weight is 369 g/mol. The summed E-state index contributed by atoms with van der Waals surface area (Å²) in [7, 11) is 2.14. The van der Waals surface area contributed by atoms with Crippen molar-refractivity contribution >= 4 is 40.8 Å². The lowest BCUT2D eigenvalue weighted by atomic mass is 10.3. The summed E-state index contributed by atoms with van der Waals surface area (Å²) < 4.78 is 0. The van der Waals surface area contributed by atoms with Crippen LogP contribution in [-0.4, -0.2) is 48.1 Å². The molecule has 3 rings (SSSR count). The molecule has 1 aromatic heterocycles. The number of likely N-dealkylation sites (N-methyl/N-ethyl adjacent to an activating group) is 1. The van der Waals surface area contributed by atoms with Crippen molar-refractivity contribution in [1.29, 1.82) is 0 Å². The molecule has 0 N–H and O–H groups in total. The Balaban J connectivity index is 1.93. The molecule has 0 atom stereocenters. The van der Waals surface area contributed by atoms with E-state index in [4.69, 9.17) is 23.2 Å². The Bertz CT molecular complexity index is 685. The van der Waals surface area contributed by atoms with Gasteiger partial charge in [-0.2, -0.15) is 0 Å². The number of hydrogen-bond acceptors (Lipinski definition) is 5. The average Bonchev–Trinajstić information content (AvgIpc) is 2.52. The second kappa shape index (κ2) is 7.26. The fraction of sp³-hybridized carbons (Fsp3) is 0.375. The lowest BCUT2D eigenvalue weighted by Crippen LogP contribution is -2.45. The molecule has 0 unspecified atom stereocenters. The maximum absolute atomic E-state index is 6.43. The van der Waals surface area contributed by atoms with Gasteiger partial charge in [-0.3, -0.25) is 0 Å². The number of rotatable bonds is 3. The van der Waals surface area contributed by atoms with E-state index in [1.807, 2.05) is 31.2 Å². The Morgan fingerprint density at radius 1 is 1.00 bits per heavy atom. The van der Waals surface area contributed by atoms with Crippen LogP contribution in [-0.2, 0) is 0 Å². The summed E-state index contributed by atoms with van der Waals surface area (Å²) in [6.45, 7) is 5.80. The van der Waals surface area contributed by atoms with E-state index >= 15 is 0 Å². The SMILES string of the molecule is Cc1nc(Cl)c(Sc2ccc(Cl)cc2)c(N2CCN(C)CC2)n1. The fourth-order valence-corrected chi connectivity index (χ4v) is 3.81. The number of anilines is 1. The van der Waals surface area contributed by atoms with Crippen LogP contribution in [0, 0.1) is 6.92 Å². The highest BCUT2D eigenvalue weighted by Gasteiger charge is 2.22. The lowest BCUT2D eigenvalue weighted by molar-refractivity contribution is 0.311. The van der Waals surface area contributed by atoms with Gasteiger partial charge in [-0.05, 0) is 38.2 Å². The third kappa shape index (κ3) is 4.10. The van der Waals surface area contributed by atoms with Gasteiger partial charge in [0, 0.05) is 36.1 Å².